The lowest BCUT2D eigenvalue weighted by Crippen LogP contribution is -2.68. The minimum atomic E-state index is -1.84. The number of nitrogens with zero attached hydrogens (tertiary/aromatic N) is 3. The Morgan fingerprint density at radius 3 is 2.45 bits per heavy atom. The van der Waals surface area contributed by atoms with E-state index in [-0.39, 0.29) is 47.6 Å². The number of imide groups is 1. The standard InChI is InChI=1S/C24H27F2N5O6S.2C2H6/c1-11-9-31-19-13(8-24(10-32,20(31)12(2)37-11)22(34)28-23(35)27-3)7-14(17(25)18(19)26)21-30-29-15(38-21)5-6-16(33)36-4;2*1-2/h7,10-12,20H,5-6,8-9H2,1-4H3,(H2,27,28,34,35);2*1-2H3/t11-,12+,20-,24?;;/m0../s1. The third-order valence-electron chi connectivity index (χ3n) is 6.79. The van der Waals surface area contributed by atoms with Gasteiger partial charge in [-0.3, -0.25) is 14.9 Å². The quantitative estimate of drug-likeness (QED) is 0.283. The minimum absolute atomic E-state index is 0.0449. The van der Waals surface area contributed by atoms with Crippen molar-refractivity contribution in [1.82, 2.24) is 20.8 Å². The number of hydrogen-bond donors (Lipinski definition) is 2. The molecule has 3 heterocycles. The third-order valence-corrected chi connectivity index (χ3v) is 7.81. The lowest BCUT2D eigenvalue weighted by atomic mass is 9.68. The largest absolute Gasteiger partial charge is 0.469 e. The number of anilines is 1. The van der Waals surface area contributed by atoms with E-state index in [0.717, 1.165) is 11.3 Å². The molecule has 0 bridgehead atoms. The summed E-state index contributed by atoms with van der Waals surface area (Å²) in [6.45, 7) is 11.5. The molecular formula is C28H39F2N5O6S. The number of aryl methyl sites for hydroxylation is 1. The molecule has 2 aromatic rings. The summed E-state index contributed by atoms with van der Waals surface area (Å²) in [5.74, 6) is -3.64. The number of morpholine rings is 1. The topological polar surface area (TPSA) is 140 Å². The molecule has 3 amide bonds. The van der Waals surface area contributed by atoms with Crippen LogP contribution in [0.4, 0.5) is 19.3 Å². The van der Waals surface area contributed by atoms with Gasteiger partial charge in [-0.2, -0.15) is 0 Å². The van der Waals surface area contributed by atoms with Crippen molar-refractivity contribution < 1.29 is 37.4 Å². The number of methoxy groups -OCH3 is 1. The predicted octanol–water partition coefficient (Wildman–Crippen LogP) is 3.82. The van der Waals surface area contributed by atoms with E-state index < -0.39 is 53.2 Å². The van der Waals surface area contributed by atoms with Crippen LogP contribution in [-0.2, 0) is 36.7 Å². The summed E-state index contributed by atoms with van der Waals surface area (Å²) in [6.07, 6.45) is -0.757. The second kappa shape index (κ2) is 15.1. The number of urea groups is 1. The minimum Gasteiger partial charge on any atom is -0.469 e. The zero-order valence-corrected chi connectivity index (χ0v) is 26.0. The maximum atomic E-state index is 15.8. The first-order valence-electron chi connectivity index (χ1n) is 13.9. The number of benzene rings is 1. The van der Waals surface area contributed by atoms with Crippen LogP contribution in [0.2, 0.25) is 0 Å². The zero-order chi connectivity index (χ0) is 31.8. The molecule has 0 spiro atoms. The van der Waals surface area contributed by atoms with E-state index in [4.69, 9.17) is 4.74 Å². The van der Waals surface area contributed by atoms with Crippen molar-refractivity contribution in [1.29, 1.82) is 0 Å². The van der Waals surface area contributed by atoms with Gasteiger partial charge in [0, 0.05) is 20.0 Å². The summed E-state index contributed by atoms with van der Waals surface area (Å²) in [5, 5.41) is 12.9. The SMILES string of the molecule is CC.CC.CNC(=O)NC(=O)C1(C=O)Cc2cc(-c3nnc(CCC(=O)OC)s3)c(F)c(F)c2N2C[C@H](C)O[C@H](C)[C@H]21. The van der Waals surface area contributed by atoms with Crippen molar-refractivity contribution in [3.63, 3.8) is 0 Å². The van der Waals surface area contributed by atoms with E-state index in [0.29, 0.717) is 11.3 Å². The van der Waals surface area contributed by atoms with Crippen molar-refractivity contribution in [2.45, 2.75) is 79.1 Å². The molecule has 2 N–H and O–H groups in total. The van der Waals surface area contributed by atoms with Crippen molar-refractivity contribution in [2.24, 2.45) is 5.41 Å². The first kappa shape index (κ1) is 34.7. The second-order valence-corrected chi connectivity index (χ2v) is 10.3. The zero-order valence-electron chi connectivity index (χ0n) is 25.2. The van der Waals surface area contributed by atoms with Gasteiger partial charge in [-0.25, -0.2) is 13.6 Å². The van der Waals surface area contributed by atoms with Gasteiger partial charge in [-0.1, -0.05) is 39.0 Å². The first-order chi connectivity index (χ1) is 20.1. The molecule has 1 fully saturated rings. The van der Waals surface area contributed by atoms with Crippen molar-refractivity contribution >= 4 is 41.2 Å². The van der Waals surface area contributed by atoms with E-state index in [9.17, 15) is 19.2 Å². The number of carbonyl (C=O) groups is 4. The number of carbonyl (C=O) groups excluding carboxylic acids is 4. The van der Waals surface area contributed by atoms with Crippen molar-refractivity contribution in [2.75, 3.05) is 25.6 Å². The highest BCUT2D eigenvalue weighted by molar-refractivity contribution is 7.14. The number of fused-ring (bicyclic) bond motifs is 3. The fourth-order valence-corrected chi connectivity index (χ4v) is 6.03. The van der Waals surface area contributed by atoms with Crippen LogP contribution in [0, 0.1) is 17.0 Å². The molecule has 4 atom stereocenters. The van der Waals surface area contributed by atoms with Crippen LogP contribution >= 0.6 is 11.3 Å². The molecule has 1 aromatic carbocycles. The molecule has 11 nitrogen and oxygen atoms in total. The van der Waals surface area contributed by atoms with E-state index in [2.05, 4.69) is 25.6 Å². The average Bonchev–Trinajstić information content (AvgIpc) is 3.47. The van der Waals surface area contributed by atoms with Gasteiger partial charge >= 0.3 is 12.0 Å². The first-order valence-corrected chi connectivity index (χ1v) is 14.7. The van der Waals surface area contributed by atoms with Crippen molar-refractivity contribution in [3.05, 3.63) is 28.3 Å². The number of ether oxygens (including phenoxy) is 2. The lowest BCUT2D eigenvalue weighted by Gasteiger charge is -2.53. The van der Waals surface area contributed by atoms with Gasteiger partial charge in [-0.15, -0.1) is 10.2 Å². The molecule has 14 heteroatoms. The molecule has 1 aromatic heterocycles. The van der Waals surface area contributed by atoms with Crippen LogP contribution in [0.25, 0.3) is 10.6 Å². The Hall–Kier alpha value is -3.52. The fraction of sp³-hybridized carbons (Fsp3) is 0.571. The Labute approximate surface area is 248 Å². The Kier molecular flexibility index (Phi) is 12.5. The Bertz CT molecular complexity index is 1290. The van der Waals surface area contributed by atoms with Crippen LogP contribution in [-0.4, -0.2) is 73.3 Å². The number of halogens is 2. The molecule has 42 heavy (non-hydrogen) atoms. The Morgan fingerprint density at radius 2 is 1.86 bits per heavy atom. The molecule has 0 saturated carbocycles. The molecule has 0 radical (unpaired) electrons. The number of rotatable bonds is 6. The van der Waals surface area contributed by atoms with E-state index >= 15 is 8.78 Å². The second-order valence-electron chi connectivity index (χ2n) is 9.25. The summed E-state index contributed by atoms with van der Waals surface area (Å²) < 4.78 is 41.7. The predicted molar refractivity (Wildman–Crippen MR) is 154 cm³/mol. The van der Waals surface area contributed by atoms with E-state index in [1.807, 2.05) is 27.7 Å². The number of aldehydes is 1. The Balaban J connectivity index is 0.00000148. The molecule has 2 aliphatic heterocycles. The van der Waals surface area contributed by atoms with Gasteiger partial charge < -0.3 is 24.5 Å². The summed E-state index contributed by atoms with van der Waals surface area (Å²) in [6, 6.07) is -0.463. The van der Waals surface area contributed by atoms with E-state index in [1.54, 1.807) is 13.8 Å². The summed E-state index contributed by atoms with van der Waals surface area (Å²) in [4.78, 5) is 50.9. The molecular weight excluding hydrogens is 572 g/mol. The summed E-state index contributed by atoms with van der Waals surface area (Å²) in [5.41, 5.74) is -1.91. The van der Waals surface area contributed by atoms with Crippen LogP contribution in [0.5, 0.6) is 0 Å². The summed E-state index contributed by atoms with van der Waals surface area (Å²) in [7, 11) is 2.58. The average molecular weight is 612 g/mol. The number of nitrogens with one attached hydrogen (secondary N) is 2. The van der Waals surface area contributed by atoms with Crippen LogP contribution in [0.3, 0.4) is 0 Å². The molecule has 1 unspecified atom stereocenters. The van der Waals surface area contributed by atoms with Crippen molar-refractivity contribution in [3.8, 4) is 10.6 Å². The monoisotopic (exact) mass is 611 g/mol. The smallest absolute Gasteiger partial charge is 0.321 e. The summed E-state index contributed by atoms with van der Waals surface area (Å²) >= 11 is 0.987. The molecule has 232 valence electrons. The van der Waals surface area contributed by atoms with Gasteiger partial charge in [-0.05, 0) is 31.9 Å². The Morgan fingerprint density at radius 1 is 1.19 bits per heavy atom. The van der Waals surface area contributed by atoms with Gasteiger partial charge in [0.1, 0.15) is 16.7 Å². The maximum Gasteiger partial charge on any atom is 0.321 e. The molecule has 2 aliphatic rings. The molecule has 4 rings (SSSR count). The highest BCUT2D eigenvalue weighted by atomic mass is 32.1. The third kappa shape index (κ3) is 6.75. The number of esters is 1. The van der Waals surface area contributed by atoms with E-state index in [1.165, 1.54) is 25.1 Å². The lowest BCUT2D eigenvalue weighted by molar-refractivity contribution is -0.144. The van der Waals surface area contributed by atoms with Crippen LogP contribution in [0.1, 0.15) is 58.5 Å². The fourth-order valence-electron chi connectivity index (χ4n) is 5.18. The van der Waals surface area contributed by atoms with Gasteiger partial charge in [0.05, 0.1) is 43.0 Å². The normalized spacial score (nSPS) is 22.1. The molecule has 0 aliphatic carbocycles. The number of aromatic nitrogens is 2. The highest BCUT2D eigenvalue weighted by Crippen LogP contribution is 2.48. The van der Waals surface area contributed by atoms with Gasteiger partial charge in [0.25, 0.3) is 0 Å². The van der Waals surface area contributed by atoms with Crippen LogP contribution in [0.15, 0.2) is 6.07 Å². The molecule has 1 saturated heterocycles. The van der Waals surface area contributed by atoms with Gasteiger partial charge in [0.15, 0.2) is 16.6 Å². The van der Waals surface area contributed by atoms with Crippen LogP contribution < -0.4 is 15.5 Å². The maximum absolute atomic E-state index is 15.8. The number of hydrogen-bond acceptors (Lipinski definition) is 10. The van der Waals surface area contributed by atoms with Gasteiger partial charge in [0.2, 0.25) is 5.91 Å². The number of amides is 3. The highest BCUT2D eigenvalue weighted by Gasteiger charge is 2.57.